The molecule has 3 nitrogen and oxygen atoms in total. The molecule has 114 valence electrons. The lowest BCUT2D eigenvalue weighted by Gasteiger charge is -2.38. The van der Waals surface area contributed by atoms with E-state index in [2.05, 4.69) is 18.7 Å². The van der Waals surface area contributed by atoms with E-state index in [-0.39, 0.29) is 11.7 Å². The summed E-state index contributed by atoms with van der Waals surface area (Å²) in [5.41, 5.74) is 0.404. The third kappa shape index (κ3) is 2.69. The predicted molar refractivity (Wildman–Crippen MR) is 80.6 cm³/mol. The van der Waals surface area contributed by atoms with Crippen molar-refractivity contribution in [3.63, 3.8) is 0 Å². The average Bonchev–Trinajstić information content (AvgIpc) is 3.28. The Bertz CT molecular complexity index is 531. The molecule has 2 aliphatic rings. The predicted octanol–water partition coefficient (Wildman–Crippen LogP) is 2.41. The van der Waals surface area contributed by atoms with Gasteiger partial charge in [0.1, 0.15) is 5.82 Å². The molecule has 1 amide bonds. The highest BCUT2D eigenvalue weighted by Gasteiger charge is 2.53. The van der Waals surface area contributed by atoms with Crippen LogP contribution in [-0.2, 0) is 10.2 Å². The Morgan fingerprint density at radius 3 is 2.38 bits per heavy atom. The fourth-order valence-electron chi connectivity index (χ4n) is 3.28. The minimum atomic E-state index is -0.442. The Morgan fingerprint density at radius 1 is 1.19 bits per heavy atom. The Morgan fingerprint density at radius 2 is 1.86 bits per heavy atom. The first kappa shape index (κ1) is 14.5. The monoisotopic (exact) mass is 290 g/mol. The summed E-state index contributed by atoms with van der Waals surface area (Å²) in [5, 5.41) is 0. The molecule has 1 aliphatic heterocycles. The van der Waals surface area contributed by atoms with Crippen LogP contribution in [0.25, 0.3) is 0 Å². The van der Waals surface area contributed by atoms with E-state index in [4.69, 9.17) is 0 Å². The van der Waals surface area contributed by atoms with Gasteiger partial charge in [0.05, 0.1) is 5.41 Å². The van der Waals surface area contributed by atoms with E-state index in [1.165, 1.54) is 12.1 Å². The molecule has 1 aliphatic carbocycles. The highest BCUT2D eigenvalue weighted by atomic mass is 19.1. The molecule has 1 heterocycles. The first-order chi connectivity index (χ1) is 10.0. The molecule has 1 saturated heterocycles. The van der Waals surface area contributed by atoms with Gasteiger partial charge in [-0.1, -0.05) is 12.1 Å². The molecule has 0 aromatic heterocycles. The number of hydrogen-bond donors (Lipinski definition) is 0. The van der Waals surface area contributed by atoms with Crippen molar-refractivity contribution < 1.29 is 9.18 Å². The number of benzene rings is 1. The minimum Gasteiger partial charge on any atom is -0.339 e. The van der Waals surface area contributed by atoms with Crippen molar-refractivity contribution in [2.75, 3.05) is 26.2 Å². The number of piperazine rings is 1. The Hall–Kier alpha value is -1.42. The summed E-state index contributed by atoms with van der Waals surface area (Å²) in [5.74, 6) is -0.0623. The molecule has 2 fully saturated rings. The zero-order valence-electron chi connectivity index (χ0n) is 12.8. The van der Waals surface area contributed by atoms with Gasteiger partial charge >= 0.3 is 0 Å². The van der Waals surface area contributed by atoms with Crippen LogP contribution in [0.5, 0.6) is 0 Å². The van der Waals surface area contributed by atoms with Gasteiger partial charge in [-0.15, -0.1) is 0 Å². The van der Waals surface area contributed by atoms with Crippen molar-refractivity contribution in [1.82, 2.24) is 9.80 Å². The summed E-state index contributed by atoms with van der Waals surface area (Å²) >= 11 is 0. The normalized spacial score (nSPS) is 21.6. The fourth-order valence-corrected chi connectivity index (χ4v) is 3.28. The van der Waals surface area contributed by atoms with Crippen molar-refractivity contribution in [2.45, 2.75) is 38.1 Å². The smallest absolute Gasteiger partial charge is 0.233 e. The van der Waals surface area contributed by atoms with Gasteiger partial charge in [-0.2, -0.15) is 0 Å². The van der Waals surface area contributed by atoms with E-state index >= 15 is 0 Å². The van der Waals surface area contributed by atoms with Crippen LogP contribution in [0.1, 0.15) is 32.3 Å². The molecule has 0 radical (unpaired) electrons. The van der Waals surface area contributed by atoms with Crippen LogP contribution in [-0.4, -0.2) is 47.9 Å². The van der Waals surface area contributed by atoms with Crippen LogP contribution >= 0.6 is 0 Å². The Balaban J connectivity index is 1.71. The van der Waals surface area contributed by atoms with Crippen molar-refractivity contribution in [3.05, 3.63) is 35.6 Å². The Labute approximate surface area is 125 Å². The molecule has 1 aromatic carbocycles. The zero-order valence-corrected chi connectivity index (χ0v) is 12.8. The van der Waals surface area contributed by atoms with Crippen LogP contribution in [0, 0.1) is 5.82 Å². The second-order valence-corrected chi connectivity index (χ2v) is 6.51. The van der Waals surface area contributed by atoms with E-state index < -0.39 is 5.41 Å². The third-order valence-corrected chi connectivity index (χ3v) is 4.87. The van der Waals surface area contributed by atoms with Crippen molar-refractivity contribution in [2.24, 2.45) is 0 Å². The van der Waals surface area contributed by atoms with Gasteiger partial charge in [0.2, 0.25) is 5.91 Å². The number of hydrogen-bond acceptors (Lipinski definition) is 2. The van der Waals surface area contributed by atoms with Crippen molar-refractivity contribution >= 4 is 5.91 Å². The first-order valence-corrected chi connectivity index (χ1v) is 7.82. The highest BCUT2D eigenvalue weighted by molar-refractivity contribution is 5.91. The topological polar surface area (TPSA) is 23.6 Å². The fraction of sp³-hybridized carbons (Fsp3) is 0.588. The largest absolute Gasteiger partial charge is 0.339 e. The van der Waals surface area contributed by atoms with Crippen LogP contribution < -0.4 is 0 Å². The van der Waals surface area contributed by atoms with Crippen molar-refractivity contribution in [1.29, 1.82) is 0 Å². The van der Waals surface area contributed by atoms with Gasteiger partial charge in [-0.3, -0.25) is 9.69 Å². The standard InChI is InChI=1S/C17H23FN2O/c1-13(2)19-8-10-20(11-9-19)16(21)17(6-7-17)14-4-3-5-15(18)12-14/h3-5,12-13H,6-11H2,1-2H3. The second kappa shape index (κ2) is 5.41. The third-order valence-electron chi connectivity index (χ3n) is 4.87. The van der Waals surface area contributed by atoms with Crippen LogP contribution in [0.4, 0.5) is 4.39 Å². The molecule has 0 bridgehead atoms. The van der Waals surface area contributed by atoms with Gasteiger partial charge in [0, 0.05) is 32.2 Å². The zero-order chi connectivity index (χ0) is 15.0. The molecule has 0 atom stereocenters. The first-order valence-electron chi connectivity index (χ1n) is 7.82. The van der Waals surface area contributed by atoms with Gasteiger partial charge in [-0.25, -0.2) is 4.39 Å². The number of rotatable bonds is 3. The maximum Gasteiger partial charge on any atom is 0.233 e. The number of halogens is 1. The molecular weight excluding hydrogens is 267 g/mol. The van der Waals surface area contributed by atoms with E-state index in [9.17, 15) is 9.18 Å². The van der Waals surface area contributed by atoms with Gasteiger partial charge < -0.3 is 4.90 Å². The summed E-state index contributed by atoms with van der Waals surface area (Å²) in [7, 11) is 0. The summed E-state index contributed by atoms with van der Waals surface area (Å²) in [6, 6.07) is 7.08. The Kier molecular flexibility index (Phi) is 3.74. The number of carbonyl (C=O) groups excluding carboxylic acids is 1. The van der Waals surface area contributed by atoms with Crippen molar-refractivity contribution in [3.8, 4) is 0 Å². The average molecular weight is 290 g/mol. The molecule has 21 heavy (non-hydrogen) atoms. The van der Waals surface area contributed by atoms with Gasteiger partial charge in [0.15, 0.2) is 0 Å². The summed E-state index contributed by atoms with van der Waals surface area (Å²) in [6.45, 7) is 7.81. The van der Waals surface area contributed by atoms with Crippen LogP contribution in [0.15, 0.2) is 24.3 Å². The van der Waals surface area contributed by atoms with Gasteiger partial charge in [-0.05, 0) is 44.4 Å². The minimum absolute atomic E-state index is 0.191. The molecule has 0 N–H and O–H groups in total. The van der Waals surface area contributed by atoms with E-state index in [0.29, 0.717) is 6.04 Å². The lowest BCUT2D eigenvalue weighted by molar-refractivity contribution is -0.136. The molecule has 0 spiro atoms. The number of nitrogens with zero attached hydrogens (tertiary/aromatic N) is 2. The SMILES string of the molecule is CC(C)N1CCN(C(=O)C2(c3cccc(F)c3)CC2)CC1. The highest BCUT2D eigenvalue weighted by Crippen LogP contribution is 2.49. The molecule has 1 saturated carbocycles. The van der Waals surface area contributed by atoms with E-state index in [0.717, 1.165) is 44.6 Å². The maximum absolute atomic E-state index is 13.4. The molecular formula is C17H23FN2O. The summed E-state index contributed by atoms with van der Waals surface area (Å²) < 4.78 is 13.4. The number of carbonyl (C=O) groups is 1. The van der Waals surface area contributed by atoms with Crippen LogP contribution in [0.2, 0.25) is 0 Å². The molecule has 4 heteroatoms. The molecule has 3 rings (SSSR count). The summed E-state index contributed by atoms with van der Waals surface area (Å²) in [6.07, 6.45) is 1.69. The lowest BCUT2D eigenvalue weighted by Crippen LogP contribution is -2.53. The van der Waals surface area contributed by atoms with Gasteiger partial charge in [0.25, 0.3) is 0 Å². The molecule has 0 unspecified atom stereocenters. The lowest BCUT2D eigenvalue weighted by atomic mass is 9.94. The van der Waals surface area contributed by atoms with E-state index in [1.807, 2.05) is 11.0 Å². The molecule has 1 aromatic rings. The van der Waals surface area contributed by atoms with E-state index in [1.54, 1.807) is 6.07 Å². The second-order valence-electron chi connectivity index (χ2n) is 6.51. The number of amides is 1. The summed E-state index contributed by atoms with van der Waals surface area (Å²) in [4.78, 5) is 17.2. The maximum atomic E-state index is 13.4. The van der Waals surface area contributed by atoms with Crippen LogP contribution in [0.3, 0.4) is 0 Å². The quantitative estimate of drug-likeness (QED) is 0.853.